The van der Waals surface area contributed by atoms with Crippen molar-refractivity contribution in [3.63, 3.8) is 0 Å². The predicted octanol–water partition coefficient (Wildman–Crippen LogP) is 1.84. The molecule has 2 aliphatic heterocycles. The molecule has 0 saturated carbocycles. The minimum atomic E-state index is -0.0821. The fourth-order valence-corrected chi connectivity index (χ4v) is 5.74. The van der Waals surface area contributed by atoms with E-state index < -0.39 is 0 Å². The number of rotatable bonds is 4. The van der Waals surface area contributed by atoms with Crippen LogP contribution < -0.4 is 5.73 Å². The van der Waals surface area contributed by atoms with Gasteiger partial charge in [0.25, 0.3) is 5.91 Å². The van der Waals surface area contributed by atoms with Gasteiger partial charge in [0, 0.05) is 54.1 Å². The van der Waals surface area contributed by atoms with Gasteiger partial charge in [0.15, 0.2) is 11.5 Å². The monoisotopic (exact) mass is 496 g/mol. The molecule has 0 aromatic carbocycles. The molecule has 1 amide bonds. The standard InChI is InChI=1S/C24H24N12O/c1-34-12-28-21(33-34)18-5-2-13(9-26-18)17-10-30-36-20(25)8-19(31-23(17)36)14-6-15-3-4-16(7-14)35(15)24(37)22-27-11-29-32-22/h2,5,8-12,14-16H,3-4,6-7,25H2,1H3,(H,27,29,32)/t14-,15-,16+. The van der Waals surface area contributed by atoms with Crippen LogP contribution in [0.15, 0.2) is 43.2 Å². The lowest BCUT2D eigenvalue weighted by Gasteiger charge is -2.38. The van der Waals surface area contributed by atoms with Crippen LogP contribution in [0.5, 0.6) is 0 Å². The van der Waals surface area contributed by atoms with Crippen LogP contribution in [0.25, 0.3) is 28.3 Å². The van der Waals surface area contributed by atoms with Crippen LogP contribution in [0.1, 0.15) is 47.9 Å². The normalized spacial score (nSPS) is 21.1. The topological polar surface area (TPSA) is 162 Å². The molecule has 13 nitrogen and oxygen atoms in total. The van der Waals surface area contributed by atoms with Gasteiger partial charge in [0.1, 0.15) is 24.2 Å². The van der Waals surface area contributed by atoms with Gasteiger partial charge in [-0.2, -0.15) is 9.61 Å². The number of hydrogen-bond donors (Lipinski definition) is 2. The van der Waals surface area contributed by atoms with E-state index in [0.29, 0.717) is 28.8 Å². The zero-order valence-electron chi connectivity index (χ0n) is 20.1. The lowest BCUT2D eigenvalue weighted by Crippen LogP contribution is -2.46. The van der Waals surface area contributed by atoms with Crippen LogP contribution in [0.3, 0.4) is 0 Å². The number of piperidine rings is 1. The maximum Gasteiger partial charge on any atom is 0.292 e. The third-order valence-corrected chi connectivity index (χ3v) is 7.43. The molecule has 5 aromatic rings. The van der Waals surface area contributed by atoms with E-state index in [0.717, 1.165) is 42.5 Å². The number of carbonyl (C=O) groups is 1. The minimum absolute atomic E-state index is 0.0821. The second-order valence-corrected chi connectivity index (χ2v) is 9.68. The molecule has 37 heavy (non-hydrogen) atoms. The highest BCUT2D eigenvalue weighted by atomic mass is 16.2. The second kappa shape index (κ2) is 8.18. The van der Waals surface area contributed by atoms with Crippen LogP contribution in [-0.4, -0.2) is 72.4 Å². The van der Waals surface area contributed by atoms with Crippen molar-refractivity contribution < 1.29 is 4.79 Å². The van der Waals surface area contributed by atoms with Crippen LogP contribution in [-0.2, 0) is 7.05 Å². The Hall–Kier alpha value is -4.68. The van der Waals surface area contributed by atoms with Gasteiger partial charge in [0.2, 0.25) is 5.82 Å². The Labute approximate surface area is 210 Å². The highest BCUT2D eigenvalue weighted by Gasteiger charge is 2.45. The number of nitrogens with one attached hydrogen (secondary N) is 1. The number of fused-ring (bicyclic) bond motifs is 3. The molecule has 7 heterocycles. The van der Waals surface area contributed by atoms with Crippen molar-refractivity contribution in [1.29, 1.82) is 0 Å². The fraction of sp³-hybridized carbons (Fsp3) is 0.333. The maximum atomic E-state index is 13.0. The van der Waals surface area contributed by atoms with Crippen LogP contribution >= 0.6 is 0 Å². The summed E-state index contributed by atoms with van der Waals surface area (Å²) in [5.74, 6) is 1.51. The van der Waals surface area contributed by atoms with E-state index in [9.17, 15) is 4.79 Å². The van der Waals surface area contributed by atoms with Gasteiger partial charge < -0.3 is 15.6 Å². The van der Waals surface area contributed by atoms with Crippen molar-refractivity contribution in [2.24, 2.45) is 7.05 Å². The van der Waals surface area contributed by atoms with Crippen molar-refractivity contribution in [3.05, 3.63) is 54.8 Å². The molecule has 2 aliphatic rings. The summed E-state index contributed by atoms with van der Waals surface area (Å²) in [6.45, 7) is 0. The number of carbonyl (C=O) groups excluding carboxylic acids is 1. The Morgan fingerprint density at radius 3 is 2.65 bits per heavy atom. The Kier molecular flexibility index (Phi) is 4.77. The molecule has 7 rings (SSSR count). The van der Waals surface area contributed by atoms with E-state index in [1.807, 2.05) is 30.1 Å². The summed E-state index contributed by atoms with van der Waals surface area (Å²) in [5.41, 5.74) is 10.5. The van der Waals surface area contributed by atoms with E-state index in [1.165, 1.54) is 6.33 Å². The molecule has 2 saturated heterocycles. The average Bonchev–Trinajstić information content (AvgIpc) is 3.71. The number of nitrogens with two attached hydrogens (primary N) is 1. The number of H-pyrrole nitrogens is 1. The minimum Gasteiger partial charge on any atom is -0.384 e. The molecule has 2 fully saturated rings. The quantitative estimate of drug-likeness (QED) is 0.378. The summed E-state index contributed by atoms with van der Waals surface area (Å²) >= 11 is 0. The summed E-state index contributed by atoms with van der Waals surface area (Å²) in [6.07, 6.45) is 10.2. The summed E-state index contributed by atoms with van der Waals surface area (Å²) in [7, 11) is 1.82. The van der Waals surface area contributed by atoms with E-state index in [2.05, 4.69) is 35.3 Å². The predicted molar refractivity (Wildman–Crippen MR) is 132 cm³/mol. The van der Waals surface area contributed by atoms with Crippen molar-refractivity contribution in [2.75, 3.05) is 5.73 Å². The van der Waals surface area contributed by atoms with Crippen LogP contribution in [0.4, 0.5) is 5.82 Å². The molecule has 0 unspecified atom stereocenters. The number of nitrogens with zero attached hydrogens (tertiary/aromatic N) is 10. The first-order chi connectivity index (χ1) is 18.0. The van der Waals surface area contributed by atoms with Gasteiger partial charge in [-0.25, -0.2) is 9.97 Å². The Bertz CT molecular complexity index is 1590. The highest BCUT2D eigenvalue weighted by molar-refractivity contribution is 5.91. The number of aromatic nitrogens is 10. The molecule has 5 aromatic heterocycles. The van der Waals surface area contributed by atoms with E-state index in [-0.39, 0.29) is 23.9 Å². The molecule has 3 N–H and O–H groups in total. The Morgan fingerprint density at radius 2 is 1.97 bits per heavy atom. The van der Waals surface area contributed by atoms with E-state index in [1.54, 1.807) is 27.9 Å². The number of aryl methyl sites for hydroxylation is 1. The van der Waals surface area contributed by atoms with Gasteiger partial charge >= 0.3 is 0 Å². The first-order valence-electron chi connectivity index (χ1n) is 12.2. The van der Waals surface area contributed by atoms with Gasteiger partial charge in [-0.3, -0.25) is 14.5 Å². The zero-order chi connectivity index (χ0) is 25.1. The lowest BCUT2D eigenvalue weighted by molar-refractivity contribution is 0.0557. The fourth-order valence-electron chi connectivity index (χ4n) is 5.74. The SMILES string of the molecule is Cn1cnc(-c2ccc(-c3cnn4c(N)cc([C@@H]5C[C@H]6CC[C@@H](C5)N6C(=O)c5nnc[nH]5)nc34)cn2)n1. The smallest absolute Gasteiger partial charge is 0.292 e. The van der Waals surface area contributed by atoms with Crippen LogP contribution in [0, 0.1) is 0 Å². The van der Waals surface area contributed by atoms with Crippen molar-refractivity contribution in [2.45, 2.75) is 43.7 Å². The van der Waals surface area contributed by atoms with E-state index in [4.69, 9.17) is 10.7 Å². The van der Waals surface area contributed by atoms with Crippen LogP contribution in [0.2, 0.25) is 0 Å². The largest absolute Gasteiger partial charge is 0.384 e. The van der Waals surface area contributed by atoms with Gasteiger partial charge in [-0.1, -0.05) is 6.07 Å². The summed E-state index contributed by atoms with van der Waals surface area (Å²) < 4.78 is 3.30. The number of amides is 1. The Balaban J connectivity index is 1.19. The van der Waals surface area contributed by atoms with Crippen molar-refractivity contribution >= 4 is 17.4 Å². The number of hydrogen-bond acceptors (Lipinski definition) is 9. The molecule has 2 bridgehead atoms. The lowest BCUT2D eigenvalue weighted by atomic mass is 9.87. The van der Waals surface area contributed by atoms with Crippen molar-refractivity contribution in [3.8, 4) is 22.6 Å². The van der Waals surface area contributed by atoms with E-state index >= 15 is 0 Å². The summed E-state index contributed by atoms with van der Waals surface area (Å²) in [4.78, 5) is 31.7. The molecule has 0 aliphatic carbocycles. The third-order valence-electron chi connectivity index (χ3n) is 7.43. The summed E-state index contributed by atoms with van der Waals surface area (Å²) in [5, 5.41) is 16.5. The van der Waals surface area contributed by atoms with Gasteiger partial charge in [-0.15, -0.1) is 15.3 Å². The molecule has 0 radical (unpaired) electrons. The molecular weight excluding hydrogens is 472 g/mol. The molecule has 3 atom stereocenters. The number of pyridine rings is 1. The Morgan fingerprint density at radius 1 is 1.14 bits per heavy atom. The van der Waals surface area contributed by atoms with Gasteiger partial charge in [0.05, 0.1) is 6.20 Å². The maximum absolute atomic E-state index is 13.0. The molecule has 0 spiro atoms. The third kappa shape index (κ3) is 3.53. The number of aromatic amines is 1. The van der Waals surface area contributed by atoms with Crippen molar-refractivity contribution in [1.82, 2.24) is 54.4 Å². The first-order valence-corrected chi connectivity index (χ1v) is 12.2. The summed E-state index contributed by atoms with van der Waals surface area (Å²) in [6, 6.07) is 6.05. The highest BCUT2D eigenvalue weighted by Crippen LogP contribution is 2.43. The molecule has 13 heteroatoms. The first kappa shape index (κ1) is 21.6. The average molecular weight is 497 g/mol. The number of nitrogen functional groups attached to an aromatic ring is 1. The second-order valence-electron chi connectivity index (χ2n) is 9.68. The zero-order valence-corrected chi connectivity index (χ0v) is 20.1. The molecule has 186 valence electrons. The van der Waals surface area contributed by atoms with Gasteiger partial charge in [-0.05, 0) is 31.7 Å². The number of anilines is 1. The molecular formula is C24H24N12O.